The van der Waals surface area contributed by atoms with Crippen molar-refractivity contribution in [3.8, 4) is 5.75 Å². The lowest BCUT2D eigenvalue weighted by Crippen LogP contribution is -2.40. The fourth-order valence-corrected chi connectivity index (χ4v) is 2.37. The van der Waals surface area contributed by atoms with E-state index in [0.29, 0.717) is 29.5 Å². The lowest BCUT2D eigenvalue weighted by Gasteiger charge is -2.22. The summed E-state index contributed by atoms with van der Waals surface area (Å²) in [6.45, 7) is 0.447. The lowest BCUT2D eigenvalue weighted by atomic mass is 10.0. The van der Waals surface area contributed by atoms with Crippen LogP contribution in [0.5, 0.6) is 5.75 Å². The van der Waals surface area contributed by atoms with Crippen molar-refractivity contribution in [2.24, 2.45) is 0 Å². The van der Waals surface area contributed by atoms with Crippen LogP contribution >= 0.6 is 11.6 Å². The van der Waals surface area contributed by atoms with Gasteiger partial charge >= 0.3 is 0 Å². The number of benzene rings is 2. The highest BCUT2D eigenvalue weighted by atomic mass is 35.5. The molecule has 0 heterocycles. The van der Waals surface area contributed by atoms with E-state index >= 15 is 0 Å². The van der Waals surface area contributed by atoms with E-state index in [1.54, 1.807) is 24.3 Å². The first kappa shape index (κ1) is 19.1. The van der Waals surface area contributed by atoms with Gasteiger partial charge in [0.05, 0.1) is 23.7 Å². The fourth-order valence-electron chi connectivity index (χ4n) is 2.25. The number of halogens is 1. The summed E-state index contributed by atoms with van der Waals surface area (Å²) in [5.74, 6) is 0.669. The molecule has 0 aliphatic rings. The van der Waals surface area contributed by atoms with Crippen molar-refractivity contribution in [1.82, 2.24) is 5.32 Å². The molecule has 0 aliphatic carbocycles. The normalized spacial score (nSPS) is 13.2. The Bertz CT molecular complexity index is 678. The number of nitrogens with zero attached hydrogens (tertiary/aromatic N) is 1. The van der Waals surface area contributed by atoms with E-state index in [1.165, 1.54) is 24.3 Å². The summed E-state index contributed by atoms with van der Waals surface area (Å²) in [7, 11) is 0. The molecule has 7 nitrogen and oxygen atoms in total. The molecule has 2 aromatic carbocycles. The molecule has 0 saturated carbocycles. The van der Waals surface area contributed by atoms with Crippen LogP contribution in [0.15, 0.2) is 48.5 Å². The highest BCUT2D eigenvalue weighted by Gasteiger charge is 2.20. The molecule has 0 amide bonds. The van der Waals surface area contributed by atoms with Crippen molar-refractivity contribution < 1.29 is 19.9 Å². The van der Waals surface area contributed by atoms with E-state index in [9.17, 15) is 20.3 Å². The third kappa shape index (κ3) is 5.68. The van der Waals surface area contributed by atoms with Crippen molar-refractivity contribution in [2.75, 3.05) is 19.8 Å². The predicted molar refractivity (Wildman–Crippen MR) is 93.9 cm³/mol. The van der Waals surface area contributed by atoms with Gasteiger partial charge < -0.3 is 20.3 Å². The third-order valence-corrected chi connectivity index (χ3v) is 3.87. The van der Waals surface area contributed by atoms with Crippen LogP contribution in [0.2, 0.25) is 5.02 Å². The van der Waals surface area contributed by atoms with Crippen molar-refractivity contribution in [3.05, 3.63) is 69.2 Å². The minimum Gasteiger partial charge on any atom is -0.492 e. The van der Waals surface area contributed by atoms with Crippen LogP contribution in [0, 0.1) is 10.1 Å². The number of aliphatic hydroxyl groups is 2. The Morgan fingerprint density at radius 3 is 2.36 bits per heavy atom. The number of nitrogens with one attached hydrogen (secondary N) is 1. The first-order valence-corrected chi connectivity index (χ1v) is 8.04. The zero-order valence-corrected chi connectivity index (χ0v) is 14.1. The van der Waals surface area contributed by atoms with Gasteiger partial charge in [-0.15, -0.1) is 0 Å². The second kappa shape index (κ2) is 9.33. The van der Waals surface area contributed by atoms with Gasteiger partial charge in [0.2, 0.25) is 0 Å². The smallest absolute Gasteiger partial charge is 0.269 e. The number of hydrogen-bond acceptors (Lipinski definition) is 6. The molecular weight excluding hydrogens is 348 g/mol. The SMILES string of the molecule is O=[N+]([O-])c1ccc([C@@H](O)[C@H](CO)NCCOc2ccc(Cl)cc2)cc1. The Morgan fingerprint density at radius 2 is 1.80 bits per heavy atom. The molecule has 2 rings (SSSR count). The van der Waals surface area contributed by atoms with Crippen LogP contribution in [-0.4, -0.2) is 40.9 Å². The molecule has 0 bridgehead atoms. The molecule has 0 aliphatic heterocycles. The number of hydrogen-bond donors (Lipinski definition) is 3. The van der Waals surface area contributed by atoms with Gasteiger partial charge in [0, 0.05) is 23.7 Å². The average Bonchev–Trinajstić information content (AvgIpc) is 2.63. The molecule has 25 heavy (non-hydrogen) atoms. The summed E-state index contributed by atoms with van der Waals surface area (Å²) < 4.78 is 5.52. The van der Waals surface area contributed by atoms with Crippen molar-refractivity contribution in [2.45, 2.75) is 12.1 Å². The molecule has 2 aromatic rings. The number of rotatable bonds is 9. The summed E-state index contributed by atoms with van der Waals surface area (Å²) in [4.78, 5) is 10.1. The van der Waals surface area contributed by atoms with Crippen LogP contribution in [0.3, 0.4) is 0 Å². The van der Waals surface area contributed by atoms with E-state index in [0.717, 1.165) is 0 Å². The van der Waals surface area contributed by atoms with Gasteiger partial charge in [-0.25, -0.2) is 0 Å². The number of aliphatic hydroxyl groups excluding tert-OH is 2. The highest BCUT2D eigenvalue weighted by molar-refractivity contribution is 6.30. The molecule has 0 saturated heterocycles. The molecule has 0 unspecified atom stereocenters. The van der Waals surface area contributed by atoms with Gasteiger partial charge in [0.1, 0.15) is 12.4 Å². The zero-order chi connectivity index (χ0) is 18.2. The Morgan fingerprint density at radius 1 is 1.16 bits per heavy atom. The van der Waals surface area contributed by atoms with Gasteiger partial charge in [-0.05, 0) is 42.0 Å². The molecule has 0 aromatic heterocycles. The summed E-state index contributed by atoms with van der Waals surface area (Å²) in [5, 5.41) is 34.0. The van der Waals surface area contributed by atoms with Gasteiger partial charge in [0.25, 0.3) is 5.69 Å². The summed E-state index contributed by atoms with van der Waals surface area (Å²) in [5.41, 5.74) is 0.427. The number of nitro groups is 1. The van der Waals surface area contributed by atoms with E-state index in [1.807, 2.05) is 0 Å². The second-order valence-electron chi connectivity index (χ2n) is 5.34. The van der Waals surface area contributed by atoms with Crippen LogP contribution in [-0.2, 0) is 0 Å². The summed E-state index contributed by atoms with van der Waals surface area (Å²) in [6.07, 6.45) is -0.999. The molecular formula is C17H19ClN2O5. The van der Waals surface area contributed by atoms with Crippen molar-refractivity contribution >= 4 is 17.3 Å². The van der Waals surface area contributed by atoms with Gasteiger partial charge in [-0.2, -0.15) is 0 Å². The van der Waals surface area contributed by atoms with Crippen molar-refractivity contribution in [3.63, 3.8) is 0 Å². The third-order valence-electron chi connectivity index (χ3n) is 3.61. The van der Waals surface area contributed by atoms with Crippen LogP contribution in [0.1, 0.15) is 11.7 Å². The second-order valence-corrected chi connectivity index (χ2v) is 5.78. The average molecular weight is 367 g/mol. The standard InChI is InChI=1S/C17H19ClN2O5/c18-13-3-7-15(8-4-13)25-10-9-19-16(11-21)17(22)12-1-5-14(6-2-12)20(23)24/h1-8,16-17,19,21-22H,9-11H2/t16-,17+/m0/s1. The maximum Gasteiger partial charge on any atom is 0.269 e. The quantitative estimate of drug-likeness (QED) is 0.357. The Hall–Kier alpha value is -2.19. The topological polar surface area (TPSA) is 105 Å². The first-order valence-electron chi connectivity index (χ1n) is 7.66. The Kier molecular flexibility index (Phi) is 7.15. The predicted octanol–water partition coefficient (Wildman–Crippen LogP) is 2.31. The van der Waals surface area contributed by atoms with E-state index in [-0.39, 0.29) is 12.3 Å². The number of nitro benzene ring substituents is 1. The number of ether oxygens (including phenoxy) is 1. The van der Waals surface area contributed by atoms with Crippen LogP contribution in [0.4, 0.5) is 5.69 Å². The molecule has 2 atom stereocenters. The first-order chi connectivity index (χ1) is 12.0. The summed E-state index contributed by atoms with van der Waals surface area (Å²) >= 11 is 5.79. The largest absolute Gasteiger partial charge is 0.492 e. The monoisotopic (exact) mass is 366 g/mol. The fraction of sp³-hybridized carbons (Fsp3) is 0.294. The number of non-ortho nitro benzene ring substituents is 1. The summed E-state index contributed by atoms with van der Waals surface area (Å²) in [6, 6.07) is 11.9. The van der Waals surface area contributed by atoms with Gasteiger partial charge in [-0.3, -0.25) is 10.1 Å². The van der Waals surface area contributed by atoms with E-state index in [4.69, 9.17) is 16.3 Å². The van der Waals surface area contributed by atoms with E-state index in [2.05, 4.69) is 5.32 Å². The molecule has 3 N–H and O–H groups in total. The van der Waals surface area contributed by atoms with Crippen LogP contribution < -0.4 is 10.1 Å². The minimum absolute atomic E-state index is 0.0548. The van der Waals surface area contributed by atoms with Gasteiger partial charge in [-0.1, -0.05) is 11.6 Å². The molecule has 134 valence electrons. The molecule has 0 fully saturated rings. The Labute approximate surface area is 150 Å². The molecule has 0 spiro atoms. The zero-order valence-electron chi connectivity index (χ0n) is 13.3. The highest BCUT2D eigenvalue weighted by Crippen LogP contribution is 2.20. The Balaban J connectivity index is 1.84. The maximum atomic E-state index is 10.7. The van der Waals surface area contributed by atoms with Crippen LogP contribution in [0.25, 0.3) is 0 Å². The molecule has 0 radical (unpaired) electrons. The lowest BCUT2D eigenvalue weighted by molar-refractivity contribution is -0.384. The van der Waals surface area contributed by atoms with Gasteiger partial charge in [0.15, 0.2) is 0 Å². The maximum absolute atomic E-state index is 10.7. The minimum atomic E-state index is -0.999. The van der Waals surface area contributed by atoms with Crippen molar-refractivity contribution in [1.29, 1.82) is 0 Å². The van der Waals surface area contributed by atoms with E-state index < -0.39 is 17.1 Å². The molecule has 8 heteroatoms.